The summed E-state index contributed by atoms with van der Waals surface area (Å²) in [6.45, 7) is 2.54. The highest BCUT2D eigenvalue weighted by atomic mass is 16.7. The number of hydrogen-bond donors (Lipinski definition) is 1. The van der Waals surface area contributed by atoms with Crippen LogP contribution in [0.4, 0.5) is 0 Å². The molecule has 0 fully saturated rings. The molecule has 0 spiro atoms. The van der Waals surface area contributed by atoms with Crippen LogP contribution in [0.2, 0.25) is 0 Å². The molecule has 1 unspecified atom stereocenters. The molecular formula is C23H36O4. The van der Waals surface area contributed by atoms with Crippen molar-refractivity contribution in [1.82, 2.24) is 0 Å². The largest absolute Gasteiger partial charge is 0.477 e. The fourth-order valence-corrected chi connectivity index (χ4v) is 2.16. The molecule has 0 aliphatic carbocycles. The standard InChI is InChI=1S/C23H36O4/c1-3-4-5-6-7-8-9-10-11-12-13-14-15-16-17-18-19-20-21-27-23(26-2)22(24)25/h4-5,7-8,10-11,13-14,16-17,23H,3,6,9,12,15,18-21H2,1-2H3,(H,24,25)/b5-4-,8-7-,11-10-,14-13-,17-16-. The van der Waals surface area contributed by atoms with Crippen LogP contribution >= 0.6 is 0 Å². The summed E-state index contributed by atoms with van der Waals surface area (Å²) in [6.07, 6.45) is 28.5. The molecule has 0 aromatic rings. The summed E-state index contributed by atoms with van der Waals surface area (Å²) < 4.78 is 9.81. The second-order valence-corrected chi connectivity index (χ2v) is 5.98. The molecule has 152 valence electrons. The van der Waals surface area contributed by atoms with Crippen molar-refractivity contribution in [3.05, 3.63) is 60.8 Å². The van der Waals surface area contributed by atoms with Crippen LogP contribution in [-0.4, -0.2) is 31.1 Å². The summed E-state index contributed by atoms with van der Waals surface area (Å²) in [5, 5.41) is 8.75. The highest BCUT2D eigenvalue weighted by molar-refractivity contribution is 5.70. The van der Waals surface area contributed by atoms with Gasteiger partial charge in [-0.3, -0.25) is 0 Å². The molecule has 1 N–H and O–H groups in total. The van der Waals surface area contributed by atoms with Gasteiger partial charge in [-0.05, 0) is 51.4 Å². The van der Waals surface area contributed by atoms with Crippen molar-refractivity contribution in [2.75, 3.05) is 13.7 Å². The molecule has 0 amide bonds. The van der Waals surface area contributed by atoms with Crippen molar-refractivity contribution in [2.24, 2.45) is 0 Å². The Morgan fingerprint density at radius 1 is 0.815 bits per heavy atom. The van der Waals surface area contributed by atoms with Crippen molar-refractivity contribution in [1.29, 1.82) is 0 Å². The van der Waals surface area contributed by atoms with Crippen LogP contribution in [0.25, 0.3) is 0 Å². The van der Waals surface area contributed by atoms with Gasteiger partial charge in [0.1, 0.15) is 0 Å². The number of hydrogen-bond acceptors (Lipinski definition) is 3. The van der Waals surface area contributed by atoms with Crippen LogP contribution in [0.1, 0.15) is 58.3 Å². The van der Waals surface area contributed by atoms with Crippen molar-refractivity contribution in [3.8, 4) is 0 Å². The fraction of sp³-hybridized carbons (Fsp3) is 0.522. The van der Waals surface area contributed by atoms with Crippen molar-refractivity contribution in [2.45, 2.75) is 64.6 Å². The molecule has 0 heterocycles. The van der Waals surface area contributed by atoms with E-state index in [-0.39, 0.29) is 0 Å². The van der Waals surface area contributed by atoms with E-state index in [1.54, 1.807) is 0 Å². The Kier molecular flexibility index (Phi) is 19.0. The lowest BCUT2D eigenvalue weighted by atomic mass is 10.2. The summed E-state index contributed by atoms with van der Waals surface area (Å²) in [6, 6.07) is 0. The quantitative estimate of drug-likeness (QED) is 0.193. The van der Waals surface area contributed by atoms with Gasteiger partial charge in [-0.15, -0.1) is 0 Å². The van der Waals surface area contributed by atoms with Gasteiger partial charge in [0.15, 0.2) is 0 Å². The highest BCUT2D eigenvalue weighted by Crippen LogP contribution is 2.02. The Hall–Kier alpha value is -1.91. The van der Waals surface area contributed by atoms with E-state index < -0.39 is 12.3 Å². The molecule has 0 rings (SSSR count). The first-order valence-corrected chi connectivity index (χ1v) is 9.84. The van der Waals surface area contributed by atoms with Crippen molar-refractivity contribution >= 4 is 5.97 Å². The molecular weight excluding hydrogens is 340 g/mol. The van der Waals surface area contributed by atoms with E-state index in [0.29, 0.717) is 6.61 Å². The van der Waals surface area contributed by atoms with Gasteiger partial charge in [-0.2, -0.15) is 0 Å². The Balaban J connectivity index is 3.51. The van der Waals surface area contributed by atoms with Crippen molar-refractivity contribution < 1.29 is 19.4 Å². The minimum Gasteiger partial charge on any atom is -0.477 e. The smallest absolute Gasteiger partial charge is 0.361 e. The second kappa shape index (κ2) is 20.4. The number of methoxy groups -OCH3 is 1. The van der Waals surface area contributed by atoms with Gasteiger partial charge in [0.25, 0.3) is 6.29 Å². The van der Waals surface area contributed by atoms with E-state index in [1.807, 2.05) is 0 Å². The number of allylic oxidation sites excluding steroid dienone is 10. The van der Waals surface area contributed by atoms with Crippen LogP contribution < -0.4 is 0 Å². The summed E-state index contributed by atoms with van der Waals surface area (Å²) in [5.74, 6) is -1.09. The third-order valence-electron chi connectivity index (χ3n) is 3.61. The van der Waals surface area contributed by atoms with Gasteiger partial charge < -0.3 is 14.6 Å². The van der Waals surface area contributed by atoms with E-state index in [1.165, 1.54) is 7.11 Å². The van der Waals surface area contributed by atoms with E-state index >= 15 is 0 Å². The number of ether oxygens (including phenoxy) is 2. The molecule has 0 radical (unpaired) electrons. The maximum Gasteiger partial charge on any atom is 0.361 e. The average molecular weight is 377 g/mol. The van der Waals surface area contributed by atoms with Crippen LogP contribution in [0.15, 0.2) is 60.8 Å². The molecule has 0 bridgehead atoms. The minimum atomic E-state index is -1.15. The SMILES string of the molecule is CC/C=C\C/C=C\C/C=C\C/C=C\C/C=C\CCCCOC(OC)C(=O)O. The molecule has 27 heavy (non-hydrogen) atoms. The molecule has 0 saturated heterocycles. The molecule has 1 atom stereocenters. The van der Waals surface area contributed by atoms with E-state index in [4.69, 9.17) is 14.6 Å². The van der Waals surface area contributed by atoms with Crippen LogP contribution in [0.3, 0.4) is 0 Å². The molecule has 4 nitrogen and oxygen atoms in total. The highest BCUT2D eigenvalue weighted by Gasteiger charge is 2.15. The van der Waals surface area contributed by atoms with Crippen molar-refractivity contribution in [3.63, 3.8) is 0 Å². The first kappa shape index (κ1) is 25.1. The predicted molar refractivity (Wildman–Crippen MR) is 113 cm³/mol. The topological polar surface area (TPSA) is 55.8 Å². The third kappa shape index (κ3) is 18.7. The van der Waals surface area contributed by atoms with E-state index in [0.717, 1.165) is 51.4 Å². The lowest BCUT2D eigenvalue weighted by Crippen LogP contribution is -2.26. The average Bonchev–Trinajstić information content (AvgIpc) is 2.66. The van der Waals surface area contributed by atoms with E-state index in [9.17, 15) is 4.79 Å². The maximum absolute atomic E-state index is 10.7. The Bertz CT molecular complexity index is 487. The Labute approximate surface area is 165 Å². The van der Waals surface area contributed by atoms with Gasteiger partial charge in [0.05, 0.1) is 6.61 Å². The molecule has 0 saturated carbocycles. The van der Waals surface area contributed by atoms with Gasteiger partial charge in [-0.1, -0.05) is 67.7 Å². The normalized spacial score (nSPS) is 13.9. The molecule has 0 aliphatic rings. The number of aliphatic carboxylic acids is 1. The number of unbranched alkanes of at least 4 members (excludes halogenated alkanes) is 2. The molecule has 0 aliphatic heterocycles. The summed E-state index contributed by atoms with van der Waals surface area (Å²) in [7, 11) is 1.33. The third-order valence-corrected chi connectivity index (χ3v) is 3.61. The summed E-state index contributed by atoms with van der Waals surface area (Å²) in [4.78, 5) is 10.7. The zero-order valence-corrected chi connectivity index (χ0v) is 16.9. The fourth-order valence-electron chi connectivity index (χ4n) is 2.16. The number of carbonyl (C=O) groups is 1. The van der Waals surface area contributed by atoms with Gasteiger partial charge >= 0.3 is 5.97 Å². The minimum absolute atomic E-state index is 0.398. The predicted octanol–water partition coefficient (Wildman–Crippen LogP) is 5.98. The van der Waals surface area contributed by atoms with Crippen LogP contribution in [0.5, 0.6) is 0 Å². The Morgan fingerprint density at radius 3 is 1.74 bits per heavy atom. The first-order chi connectivity index (χ1) is 13.2. The van der Waals surface area contributed by atoms with Crippen LogP contribution in [-0.2, 0) is 14.3 Å². The van der Waals surface area contributed by atoms with E-state index in [2.05, 4.69) is 67.7 Å². The lowest BCUT2D eigenvalue weighted by Gasteiger charge is -2.10. The summed E-state index contributed by atoms with van der Waals surface area (Å²) >= 11 is 0. The van der Waals surface area contributed by atoms with Crippen LogP contribution in [0, 0.1) is 0 Å². The maximum atomic E-state index is 10.7. The zero-order valence-electron chi connectivity index (χ0n) is 16.9. The monoisotopic (exact) mass is 376 g/mol. The van der Waals surface area contributed by atoms with Gasteiger partial charge in [0, 0.05) is 7.11 Å². The first-order valence-electron chi connectivity index (χ1n) is 9.84. The number of rotatable bonds is 17. The number of carboxylic acid groups (broad SMARTS) is 1. The zero-order chi connectivity index (χ0) is 20.0. The molecule has 4 heteroatoms. The number of carboxylic acids is 1. The second-order valence-electron chi connectivity index (χ2n) is 5.98. The van der Waals surface area contributed by atoms with Gasteiger partial charge in [-0.25, -0.2) is 4.79 Å². The Morgan fingerprint density at radius 2 is 1.30 bits per heavy atom. The molecule has 0 aromatic heterocycles. The van der Waals surface area contributed by atoms with Gasteiger partial charge in [0.2, 0.25) is 0 Å². The lowest BCUT2D eigenvalue weighted by molar-refractivity contribution is -0.183. The summed E-state index contributed by atoms with van der Waals surface area (Å²) in [5.41, 5.74) is 0. The molecule has 0 aromatic carbocycles.